The zero-order valence-electron chi connectivity index (χ0n) is 7.96. The lowest BCUT2D eigenvalue weighted by Crippen LogP contribution is -2.37. The van der Waals surface area contributed by atoms with E-state index >= 15 is 0 Å². The molecule has 72 valence electrons. The SMILES string of the molecule is CN(CCCN)C1CCCSC1. The van der Waals surface area contributed by atoms with Crippen LogP contribution in [0.5, 0.6) is 0 Å². The van der Waals surface area contributed by atoms with Crippen molar-refractivity contribution in [3.8, 4) is 0 Å². The van der Waals surface area contributed by atoms with Crippen molar-refractivity contribution in [1.29, 1.82) is 0 Å². The van der Waals surface area contributed by atoms with E-state index in [1.54, 1.807) is 0 Å². The molecule has 1 fully saturated rings. The Labute approximate surface area is 79.9 Å². The molecular formula is C9H20N2S. The van der Waals surface area contributed by atoms with Crippen LogP contribution in [0.1, 0.15) is 19.3 Å². The Morgan fingerprint density at radius 1 is 1.58 bits per heavy atom. The summed E-state index contributed by atoms with van der Waals surface area (Å²) in [7, 11) is 2.23. The standard InChI is InChI=1S/C9H20N2S/c1-11(6-3-5-10)9-4-2-7-12-8-9/h9H,2-8,10H2,1H3. The molecule has 0 bridgehead atoms. The Morgan fingerprint density at radius 3 is 3.00 bits per heavy atom. The first-order chi connectivity index (χ1) is 5.84. The second-order valence-electron chi connectivity index (χ2n) is 3.49. The number of nitrogens with two attached hydrogens (primary N) is 1. The van der Waals surface area contributed by atoms with Gasteiger partial charge in [-0.15, -0.1) is 0 Å². The molecule has 12 heavy (non-hydrogen) atoms. The Hall–Kier alpha value is 0.270. The maximum atomic E-state index is 5.47. The van der Waals surface area contributed by atoms with Crippen molar-refractivity contribution < 1.29 is 0 Å². The molecule has 0 saturated carbocycles. The topological polar surface area (TPSA) is 29.3 Å². The van der Waals surface area contributed by atoms with Crippen LogP contribution in [0.2, 0.25) is 0 Å². The molecular weight excluding hydrogens is 168 g/mol. The molecule has 0 aromatic rings. The summed E-state index contributed by atoms with van der Waals surface area (Å²) in [4.78, 5) is 2.47. The molecule has 1 atom stereocenters. The minimum atomic E-state index is 0.815. The molecule has 1 aliphatic rings. The average Bonchev–Trinajstić information content (AvgIpc) is 2.15. The second-order valence-corrected chi connectivity index (χ2v) is 4.64. The normalized spacial score (nSPS) is 24.8. The van der Waals surface area contributed by atoms with Crippen molar-refractivity contribution in [2.45, 2.75) is 25.3 Å². The smallest absolute Gasteiger partial charge is 0.0183 e. The van der Waals surface area contributed by atoms with Crippen molar-refractivity contribution >= 4 is 11.8 Å². The van der Waals surface area contributed by atoms with Crippen LogP contribution in [0.15, 0.2) is 0 Å². The van der Waals surface area contributed by atoms with Gasteiger partial charge in [-0.2, -0.15) is 11.8 Å². The summed E-state index contributed by atoms with van der Waals surface area (Å²) >= 11 is 2.09. The lowest BCUT2D eigenvalue weighted by Gasteiger charge is -2.30. The largest absolute Gasteiger partial charge is 0.330 e. The summed E-state index contributed by atoms with van der Waals surface area (Å²) in [6.07, 6.45) is 3.91. The predicted octanol–water partition coefficient (Wildman–Crippen LogP) is 1.16. The Morgan fingerprint density at radius 2 is 2.42 bits per heavy atom. The molecule has 0 spiro atoms. The molecule has 3 heteroatoms. The highest BCUT2D eigenvalue weighted by atomic mass is 32.2. The van der Waals surface area contributed by atoms with Crippen LogP contribution in [0.4, 0.5) is 0 Å². The highest BCUT2D eigenvalue weighted by Gasteiger charge is 2.17. The van der Waals surface area contributed by atoms with Crippen LogP contribution < -0.4 is 5.73 Å². The Balaban J connectivity index is 2.15. The number of thioether (sulfide) groups is 1. The van der Waals surface area contributed by atoms with Crippen LogP contribution in [-0.4, -0.2) is 42.6 Å². The van der Waals surface area contributed by atoms with Crippen LogP contribution in [0.3, 0.4) is 0 Å². The highest BCUT2D eigenvalue weighted by molar-refractivity contribution is 7.99. The van der Waals surface area contributed by atoms with Gasteiger partial charge in [-0.1, -0.05) is 0 Å². The number of nitrogens with zero attached hydrogens (tertiary/aromatic N) is 1. The summed E-state index contributed by atoms with van der Waals surface area (Å²) in [5, 5.41) is 0. The summed E-state index contributed by atoms with van der Waals surface area (Å²) < 4.78 is 0. The molecule has 0 radical (unpaired) electrons. The summed E-state index contributed by atoms with van der Waals surface area (Å²) in [5.74, 6) is 2.68. The van der Waals surface area contributed by atoms with Gasteiger partial charge in [-0.25, -0.2) is 0 Å². The summed E-state index contributed by atoms with van der Waals surface area (Å²) in [6, 6.07) is 0.815. The lowest BCUT2D eigenvalue weighted by atomic mass is 10.1. The predicted molar refractivity (Wildman–Crippen MR) is 56.6 cm³/mol. The van der Waals surface area contributed by atoms with Gasteiger partial charge >= 0.3 is 0 Å². The zero-order valence-corrected chi connectivity index (χ0v) is 8.78. The fraction of sp³-hybridized carbons (Fsp3) is 1.00. The third-order valence-electron chi connectivity index (χ3n) is 2.47. The number of hydrogen-bond donors (Lipinski definition) is 1. The minimum Gasteiger partial charge on any atom is -0.330 e. The van der Waals surface area contributed by atoms with E-state index in [2.05, 4.69) is 23.7 Å². The fourth-order valence-electron chi connectivity index (χ4n) is 1.59. The molecule has 2 nitrogen and oxygen atoms in total. The molecule has 2 N–H and O–H groups in total. The quantitative estimate of drug-likeness (QED) is 0.718. The van der Waals surface area contributed by atoms with E-state index in [1.165, 1.54) is 30.9 Å². The Bertz CT molecular complexity index is 113. The highest BCUT2D eigenvalue weighted by Crippen LogP contribution is 2.20. The molecule has 1 aliphatic heterocycles. The fourth-order valence-corrected chi connectivity index (χ4v) is 2.83. The maximum absolute atomic E-state index is 5.47. The molecule has 0 amide bonds. The first-order valence-electron chi connectivity index (χ1n) is 4.82. The van der Waals surface area contributed by atoms with Gasteiger partial charge in [0.05, 0.1) is 0 Å². The third kappa shape index (κ3) is 3.33. The number of hydrogen-bond acceptors (Lipinski definition) is 3. The van der Waals surface area contributed by atoms with Crippen molar-refractivity contribution in [3.05, 3.63) is 0 Å². The minimum absolute atomic E-state index is 0.815. The molecule has 1 heterocycles. The Kier molecular flexibility index (Phi) is 5.04. The van der Waals surface area contributed by atoms with Gasteiger partial charge in [-0.3, -0.25) is 0 Å². The van der Waals surface area contributed by atoms with Gasteiger partial charge in [0, 0.05) is 11.8 Å². The van der Waals surface area contributed by atoms with E-state index in [9.17, 15) is 0 Å². The maximum Gasteiger partial charge on any atom is 0.0183 e. The van der Waals surface area contributed by atoms with E-state index in [4.69, 9.17) is 5.73 Å². The van der Waals surface area contributed by atoms with Gasteiger partial charge < -0.3 is 10.6 Å². The summed E-state index contributed by atoms with van der Waals surface area (Å²) in [6.45, 7) is 1.99. The molecule has 1 saturated heterocycles. The average molecular weight is 188 g/mol. The van der Waals surface area contributed by atoms with Crippen molar-refractivity contribution in [2.24, 2.45) is 5.73 Å². The molecule has 0 aliphatic carbocycles. The van der Waals surface area contributed by atoms with Gasteiger partial charge in [0.15, 0.2) is 0 Å². The molecule has 0 aromatic carbocycles. The molecule has 1 unspecified atom stereocenters. The molecule has 0 aromatic heterocycles. The number of rotatable bonds is 4. The van der Waals surface area contributed by atoms with Gasteiger partial charge in [-0.05, 0) is 45.2 Å². The molecule has 1 rings (SSSR count). The van der Waals surface area contributed by atoms with Crippen molar-refractivity contribution in [2.75, 3.05) is 31.6 Å². The van der Waals surface area contributed by atoms with E-state index < -0.39 is 0 Å². The van der Waals surface area contributed by atoms with Crippen LogP contribution in [0.25, 0.3) is 0 Å². The van der Waals surface area contributed by atoms with Gasteiger partial charge in [0.1, 0.15) is 0 Å². The van der Waals surface area contributed by atoms with E-state index in [0.29, 0.717) is 0 Å². The third-order valence-corrected chi connectivity index (χ3v) is 3.67. The van der Waals surface area contributed by atoms with E-state index in [1.807, 2.05) is 0 Å². The lowest BCUT2D eigenvalue weighted by molar-refractivity contribution is 0.245. The van der Waals surface area contributed by atoms with Crippen LogP contribution in [0, 0.1) is 0 Å². The van der Waals surface area contributed by atoms with Gasteiger partial charge in [0.25, 0.3) is 0 Å². The van der Waals surface area contributed by atoms with Crippen molar-refractivity contribution in [1.82, 2.24) is 4.90 Å². The van der Waals surface area contributed by atoms with Crippen molar-refractivity contribution in [3.63, 3.8) is 0 Å². The first-order valence-corrected chi connectivity index (χ1v) is 5.98. The second kappa shape index (κ2) is 5.84. The van der Waals surface area contributed by atoms with Gasteiger partial charge in [0.2, 0.25) is 0 Å². The first kappa shape index (κ1) is 10.4. The van der Waals surface area contributed by atoms with E-state index in [-0.39, 0.29) is 0 Å². The monoisotopic (exact) mass is 188 g/mol. The van der Waals surface area contributed by atoms with Crippen LogP contribution in [-0.2, 0) is 0 Å². The van der Waals surface area contributed by atoms with E-state index in [0.717, 1.165) is 19.0 Å². The zero-order chi connectivity index (χ0) is 8.81. The van der Waals surface area contributed by atoms with Crippen LogP contribution >= 0.6 is 11.8 Å². The summed E-state index contributed by atoms with van der Waals surface area (Å²) in [5.41, 5.74) is 5.47.